The number of allylic oxidation sites excluding steroid dienone is 1. The monoisotopic (exact) mass is 365 g/mol. The highest BCUT2D eigenvalue weighted by Gasteiger charge is 2.36. The smallest absolute Gasteiger partial charge is 0.340 e. The Morgan fingerprint density at radius 2 is 1.78 bits per heavy atom. The first kappa shape index (κ1) is 18.6. The van der Waals surface area contributed by atoms with Crippen LogP contribution in [-0.4, -0.2) is 30.4 Å². The topological polar surface area (TPSA) is 46.6 Å². The fourth-order valence-corrected chi connectivity index (χ4v) is 3.11. The third-order valence-corrected chi connectivity index (χ3v) is 4.55. The molecule has 4 nitrogen and oxygen atoms in total. The number of halogens is 1. The van der Waals surface area contributed by atoms with E-state index in [1.165, 1.54) is 19.2 Å². The average molecular weight is 365 g/mol. The third kappa shape index (κ3) is 3.97. The van der Waals surface area contributed by atoms with Gasteiger partial charge in [-0.25, -0.2) is 9.18 Å². The van der Waals surface area contributed by atoms with Gasteiger partial charge in [0.15, 0.2) is 0 Å². The van der Waals surface area contributed by atoms with Crippen molar-refractivity contribution in [1.29, 1.82) is 0 Å². The molecule has 27 heavy (non-hydrogen) atoms. The molecule has 3 rings (SSSR count). The van der Waals surface area contributed by atoms with Crippen LogP contribution >= 0.6 is 0 Å². The summed E-state index contributed by atoms with van der Waals surface area (Å²) in [7, 11) is 1.29. The van der Waals surface area contributed by atoms with Crippen molar-refractivity contribution in [3.8, 4) is 0 Å². The lowest BCUT2D eigenvalue weighted by Gasteiger charge is -2.17. The molecule has 0 fully saturated rings. The summed E-state index contributed by atoms with van der Waals surface area (Å²) in [5.74, 6) is -1.18. The fraction of sp³-hybridized carbons (Fsp3) is 0.182. The van der Waals surface area contributed by atoms with E-state index in [1.807, 2.05) is 30.3 Å². The third-order valence-electron chi connectivity index (χ3n) is 4.55. The molecule has 0 saturated carbocycles. The Kier molecular flexibility index (Phi) is 5.50. The van der Waals surface area contributed by atoms with Crippen LogP contribution in [0.4, 0.5) is 4.39 Å². The van der Waals surface area contributed by atoms with Crippen molar-refractivity contribution in [2.45, 2.75) is 13.3 Å². The first-order valence-corrected chi connectivity index (χ1v) is 8.64. The minimum atomic E-state index is -0.559. The average Bonchev–Trinajstić information content (AvgIpc) is 2.92. The minimum absolute atomic E-state index is 0.250. The largest absolute Gasteiger partial charge is 0.465 e. The minimum Gasteiger partial charge on any atom is -0.465 e. The van der Waals surface area contributed by atoms with Gasteiger partial charge >= 0.3 is 5.97 Å². The molecule has 138 valence electrons. The molecule has 0 N–H and O–H groups in total. The van der Waals surface area contributed by atoms with Crippen LogP contribution in [0.1, 0.15) is 18.1 Å². The van der Waals surface area contributed by atoms with Gasteiger partial charge in [-0.15, -0.1) is 0 Å². The molecule has 0 saturated heterocycles. The van der Waals surface area contributed by atoms with Crippen LogP contribution in [0, 0.1) is 5.82 Å². The van der Waals surface area contributed by atoms with Gasteiger partial charge in [-0.2, -0.15) is 0 Å². The number of ether oxygens (including phenoxy) is 1. The molecular formula is C22H20FNO3. The Morgan fingerprint density at radius 1 is 1.11 bits per heavy atom. The second-order valence-corrected chi connectivity index (χ2v) is 6.25. The number of rotatable bonds is 5. The van der Waals surface area contributed by atoms with Crippen LogP contribution in [0.3, 0.4) is 0 Å². The van der Waals surface area contributed by atoms with Crippen LogP contribution in [-0.2, 0) is 20.7 Å². The number of carbonyl (C=O) groups is 2. The number of methoxy groups -OCH3 is 1. The normalized spacial score (nSPS) is 15.6. The Labute approximate surface area is 157 Å². The van der Waals surface area contributed by atoms with Gasteiger partial charge in [0.2, 0.25) is 0 Å². The number of carbonyl (C=O) groups excluding carboxylic acids is 2. The van der Waals surface area contributed by atoms with Crippen molar-refractivity contribution >= 4 is 18.0 Å². The van der Waals surface area contributed by atoms with Gasteiger partial charge in [-0.3, -0.25) is 4.79 Å². The zero-order chi connectivity index (χ0) is 19.4. The van der Waals surface area contributed by atoms with Crippen molar-refractivity contribution in [1.82, 2.24) is 4.90 Å². The van der Waals surface area contributed by atoms with Gasteiger partial charge in [0.05, 0.1) is 18.3 Å². The van der Waals surface area contributed by atoms with Crippen LogP contribution in [0.15, 0.2) is 71.4 Å². The number of esters is 1. The predicted molar refractivity (Wildman–Crippen MR) is 101 cm³/mol. The maximum atomic E-state index is 13.1. The van der Waals surface area contributed by atoms with Gasteiger partial charge in [0, 0.05) is 12.2 Å². The van der Waals surface area contributed by atoms with Gasteiger partial charge in [0.1, 0.15) is 5.82 Å². The quantitative estimate of drug-likeness (QED) is 0.599. The first-order chi connectivity index (χ1) is 13.0. The molecule has 2 aromatic carbocycles. The Balaban J connectivity index is 1.92. The summed E-state index contributed by atoms with van der Waals surface area (Å²) in [5.41, 5.74) is 2.82. The van der Waals surface area contributed by atoms with Crippen molar-refractivity contribution in [2.24, 2.45) is 0 Å². The van der Waals surface area contributed by atoms with Gasteiger partial charge < -0.3 is 9.64 Å². The van der Waals surface area contributed by atoms with E-state index >= 15 is 0 Å². The molecule has 0 bridgehead atoms. The Bertz CT molecular complexity index is 914. The molecular weight excluding hydrogens is 345 g/mol. The number of hydrogen-bond acceptors (Lipinski definition) is 3. The lowest BCUT2D eigenvalue weighted by molar-refractivity contribution is -0.136. The molecule has 1 aliphatic rings. The van der Waals surface area contributed by atoms with E-state index in [0.717, 1.165) is 5.56 Å². The Hall–Kier alpha value is -3.21. The Morgan fingerprint density at radius 3 is 2.41 bits per heavy atom. The maximum absolute atomic E-state index is 13.1. The van der Waals surface area contributed by atoms with Gasteiger partial charge in [0.25, 0.3) is 5.91 Å². The standard InChI is InChI=1S/C22H20FNO3/c1-15-20(22(26)27-2)19(14-17-8-10-18(23)11-9-17)21(25)24(15)13-12-16-6-4-3-5-7-16/h3-11,14H,12-13H2,1-2H3/b19-14-. The van der Waals surface area contributed by atoms with E-state index in [9.17, 15) is 14.0 Å². The van der Waals surface area contributed by atoms with Crippen LogP contribution in [0.25, 0.3) is 6.08 Å². The summed E-state index contributed by atoms with van der Waals surface area (Å²) in [5, 5.41) is 0. The zero-order valence-corrected chi connectivity index (χ0v) is 15.2. The fourth-order valence-electron chi connectivity index (χ4n) is 3.11. The summed E-state index contributed by atoms with van der Waals surface area (Å²) in [6.07, 6.45) is 2.27. The number of amides is 1. The van der Waals surface area contributed by atoms with E-state index < -0.39 is 5.97 Å². The molecule has 2 aromatic rings. The molecule has 0 radical (unpaired) electrons. The SMILES string of the molecule is COC(=O)C1=C(C)N(CCc2ccccc2)C(=O)/C1=C\c1ccc(F)cc1. The summed E-state index contributed by atoms with van der Waals surface area (Å²) >= 11 is 0. The molecule has 0 aliphatic carbocycles. The number of benzene rings is 2. The first-order valence-electron chi connectivity index (χ1n) is 8.64. The van der Waals surface area contributed by atoms with E-state index in [2.05, 4.69) is 0 Å². The summed E-state index contributed by atoms with van der Waals surface area (Å²) in [6, 6.07) is 15.6. The second kappa shape index (κ2) is 7.99. The van der Waals surface area contributed by atoms with Crippen LogP contribution in [0.2, 0.25) is 0 Å². The van der Waals surface area contributed by atoms with Gasteiger partial charge in [-0.1, -0.05) is 42.5 Å². The predicted octanol–water partition coefficient (Wildman–Crippen LogP) is 3.74. The summed E-state index contributed by atoms with van der Waals surface area (Å²) in [6.45, 7) is 2.19. The highest BCUT2D eigenvalue weighted by Crippen LogP contribution is 2.31. The van der Waals surface area contributed by atoms with Crippen LogP contribution < -0.4 is 0 Å². The van der Waals surface area contributed by atoms with Crippen molar-refractivity contribution in [2.75, 3.05) is 13.7 Å². The molecule has 1 heterocycles. The van der Waals surface area contributed by atoms with Crippen molar-refractivity contribution in [3.63, 3.8) is 0 Å². The van der Waals surface area contributed by atoms with E-state index in [1.54, 1.807) is 30.0 Å². The molecule has 1 aliphatic heterocycles. The van der Waals surface area contributed by atoms with E-state index in [4.69, 9.17) is 4.74 Å². The molecule has 0 atom stereocenters. The van der Waals surface area contributed by atoms with Gasteiger partial charge in [-0.05, 0) is 42.7 Å². The highest BCUT2D eigenvalue weighted by atomic mass is 19.1. The molecule has 0 spiro atoms. The molecule has 0 aromatic heterocycles. The lowest BCUT2D eigenvalue weighted by Crippen LogP contribution is -2.27. The van der Waals surface area contributed by atoms with Crippen LogP contribution in [0.5, 0.6) is 0 Å². The summed E-state index contributed by atoms with van der Waals surface area (Å²) in [4.78, 5) is 26.9. The lowest BCUT2D eigenvalue weighted by atomic mass is 10.0. The van der Waals surface area contributed by atoms with Crippen molar-refractivity contribution in [3.05, 3.63) is 88.4 Å². The number of hydrogen-bond donors (Lipinski definition) is 0. The molecule has 0 unspecified atom stereocenters. The second-order valence-electron chi connectivity index (χ2n) is 6.25. The number of nitrogens with zero attached hydrogens (tertiary/aromatic N) is 1. The maximum Gasteiger partial charge on any atom is 0.340 e. The molecule has 1 amide bonds. The zero-order valence-electron chi connectivity index (χ0n) is 15.2. The molecule has 5 heteroatoms. The van der Waals surface area contributed by atoms with Crippen molar-refractivity contribution < 1.29 is 18.7 Å². The van der Waals surface area contributed by atoms with E-state index in [-0.39, 0.29) is 22.9 Å². The summed E-state index contributed by atoms with van der Waals surface area (Å²) < 4.78 is 18.0. The highest BCUT2D eigenvalue weighted by molar-refractivity contribution is 6.16. The van der Waals surface area contributed by atoms with E-state index in [0.29, 0.717) is 24.2 Å².